The number of ketones is 1. The van der Waals surface area contributed by atoms with Gasteiger partial charge < -0.3 is 5.32 Å². The van der Waals surface area contributed by atoms with Gasteiger partial charge in [0, 0.05) is 12.1 Å². The Labute approximate surface area is 189 Å². The van der Waals surface area contributed by atoms with Crippen LogP contribution < -0.4 is 10.9 Å². The molecule has 0 saturated heterocycles. The number of aromatic nitrogens is 2. The van der Waals surface area contributed by atoms with Gasteiger partial charge in [-0.25, -0.2) is 4.98 Å². The molecule has 0 aliphatic heterocycles. The molecule has 4 rings (SSSR count). The van der Waals surface area contributed by atoms with Crippen LogP contribution in [-0.4, -0.2) is 26.5 Å². The summed E-state index contributed by atoms with van der Waals surface area (Å²) in [4.78, 5) is 42.6. The number of thioether (sulfide) groups is 1. The Kier molecular flexibility index (Phi) is 6.10. The average molecular weight is 446 g/mol. The molecule has 6 nitrogen and oxygen atoms in total. The molecule has 0 aliphatic carbocycles. The van der Waals surface area contributed by atoms with Crippen molar-refractivity contribution < 1.29 is 9.59 Å². The summed E-state index contributed by atoms with van der Waals surface area (Å²) in [5, 5.41) is 5.33. The molecule has 1 amide bonds. The number of hydrogen-bond acceptors (Lipinski definition) is 5. The van der Waals surface area contributed by atoms with E-state index in [2.05, 4.69) is 5.32 Å². The Balaban J connectivity index is 1.67. The number of rotatable bonds is 6. The van der Waals surface area contributed by atoms with Gasteiger partial charge in [-0.15, -0.1) is 0 Å². The molecular formula is C25H23N3O3S. The van der Waals surface area contributed by atoms with Gasteiger partial charge in [0.2, 0.25) is 5.91 Å². The summed E-state index contributed by atoms with van der Waals surface area (Å²) < 4.78 is 1.59. The molecule has 1 atom stereocenters. The van der Waals surface area contributed by atoms with Crippen molar-refractivity contribution in [3.05, 3.63) is 76.6 Å². The highest BCUT2D eigenvalue weighted by atomic mass is 32.2. The molecule has 0 fully saturated rings. The normalized spacial score (nSPS) is 12.1. The maximum absolute atomic E-state index is 13.2. The van der Waals surface area contributed by atoms with Crippen LogP contribution in [0.15, 0.2) is 70.6 Å². The van der Waals surface area contributed by atoms with Gasteiger partial charge in [-0.2, -0.15) is 0 Å². The molecule has 1 heterocycles. The van der Waals surface area contributed by atoms with E-state index in [0.717, 1.165) is 10.8 Å². The summed E-state index contributed by atoms with van der Waals surface area (Å²) >= 11 is 1.23. The number of amides is 1. The number of benzene rings is 3. The highest BCUT2D eigenvalue weighted by Crippen LogP contribution is 2.26. The molecule has 1 aromatic heterocycles. The predicted molar refractivity (Wildman–Crippen MR) is 130 cm³/mol. The van der Waals surface area contributed by atoms with Crippen molar-refractivity contribution in [3.8, 4) is 0 Å². The number of nitrogens with zero attached hydrogens (tertiary/aromatic N) is 2. The second kappa shape index (κ2) is 8.96. The Morgan fingerprint density at radius 3 is 2.41 bits per heavy atom. The zero-order valence-corrected chi connectivity index (χ0v) is 18.9. The number of para-hydroxylation sites is 1. The van der Waals surface area contributed by atoms with E-state index in [4.69, 9.17) is 4.98 Å². The lowest BCUT2D eigenvalue weighted by Gasteiger charge is -2.16. The maximum Gasteiger partial charge on any atom is 0.262 e. The molecule has 0 radical (unpaired) electrons. The lowest BCUT2D eigenvalue weighted by molar-refractivity contribution is -0.115. The standard InChI is InChI=1S/C25H23N3O3S/c1-4-28-24(31)20-13-17-9-5-6-10-18(17)14-22(20)27-25(28)32-16(3)23(30)26-21-12-8-7-11-19(21)15(2)29/h5-14,16H,4H2,1-3H3,(H,26,30). The minimum atomic E-state index is -0.530. The van der Waals surface area contributed by atoms with Crippen LogP contribution in [0.3, 0.4) is 0 Å². The van der Waals surface area contributed by atoms with Crippen molar-refractivity contribution in [2.24, 2.45) is 0 Å². The molecule has 162 valence electrons. The van der Waals surface area contributed by atoms with Gasteiger partial charge in [-0.1, -0.05) is 48.2 Å². The minimum absolute atomic E-state index is 0.121. The Bertz CT molecular complexity index is 1410. The number of carbonyl (C=O) groups excluding carboxylic acids is 2. The van der Waals surface area contributed by atoms with E-state index < -0.39 is 5.25 Å². The maximum atomic E-state index is 13.2. The van der Waals surface area contributed by atoms with E-state index in [9.17, 15) is 14.4 Å². The van der Waals surface area contributed by atoms with Crippen LogP contribution in [0.1, 0.15) is 31.1 Å². The second-order valence-corrected chi connectivity index (χ2v) is 8.82. The van der Waals surface area contributed by atoms with Gasteiger partial charge in [-0.3, -0.25) is 19.0 Å². The van der Waals surface area contributed by atoms with E-state index in [1.807, 2.05) is 43.3 Å². The fraction of sp³-hybridized carbons (Fsp3) is 0.200. The average Bonchev–Trinajstić information content (AvgIpc) is 2.78. The zero-order valence-electron chi connectivity index (χ0n) is 18.1. The van der Waals surface area contributed by atoms with E-state index >= 15 is 0 Å². The third kappa shape index (κ3) is 4.16. The van der Waals surface area contributed by atoms with Crippen LogP contribution in [0.5, 0.6) is 0 Å². The SMILES string of the molecule is CCn1c(SC(C)C(=O)Nc2ccccc2C(C)=O)nc2cc3ccccc3cc2c1=O. The van der Waals surface area contributed by atoms with Gasteiger partial charge in [0.05, 0.1) is 21.8 Å². The third-order valence-electron chi connectivity index (χ3n) is 5.32. The highest BCUT2D eigenvalue weighted by Gasteiger charge is 2.20. The van der Waals surface area contributed by atoms with Crippen molar-refractivity contribution in [1.82, 2.24) is 9.55 Å². The Hall–Kier alpha value is -3.45. The molecule has 0 spiro atoms. The summed E-state index contributed by atoms with van der Waals surface area (Å²) in [7, 11) is 0. The zero-order chi connectivity index (χ0) is 22.8. The fourth-order valence-corrected chi connectivity index (χ4v) is 4.57. The smallest absolute Gasteiger partial charge is 0.262 e. The second-order valence-electron chi connectivity index (χ2n) is 7.51. The van der Waals surface area contributed by atoms with Crippen molar-refractivity contribution >= 4 is 50.8 Å². The summed E-state index contributed by atoms with van der Waals surface area (Å²) in [5.74, 6) is -0.385. The predicted octanol–water partition coefficient (Wildman–Crippen LogP) is 4.89. The van der Waals surface area contributed by atoms with Crippen LogP contribution in [-0.2, 0) is 11.3 Å². The van der Waals surface area contributed by atoms with Gasteiger partial charge in [-0.05, 0) is 55.8 Å². The lowest BCUT2D eigenvalue weighted by Crippen LogP contribution is -2.27. The van der Waals surface area contributed by atoms with E-state index in [0.29, 0.717) is 33.9 Å². The summed E-state index contributed by atoms with van der Waals surface area (Å²) in [6.07, 6.45) is 0. The summed E-state index contributed by atoms with van der Waals surface area (Å²) in [6.45, 7) is 5.55. The topological polar surface area (TPSA) is 81.1 Å². The molecule has 0 saturated carbocycles. The first-order valence-electron chi connectivity index (χ1n) is 10.4. The molecule has 4 aromatic rings. The van der Waals surface area contributed by atoms with Crippen LogP contribution in [0.2, 0.25) is 0 Å². The molecule has 32 heavy (non-hydrogen) atoms. The molecular weight excluding hydrogens is 422 g/mol. The van der Waals surface area contributed by atoms with Gasteiger partial charge in [0.25, 0.3) is 5.56 Å². The summed E-state index contributed by atoms with van der Waals surface area (Å²) in [5.41, 5.74) is 1.42. The van der Waals surface area contributed by atoms with Crippen molar-refractivity contribution in [3.63, 3.8) is 0 Å². The quantitative estimate of drug-likeness (QED) is 0.198. The van der Waals surface area contributed by atoms with E-state index in [1.165, 1.54) is 18.7 Å². The third-order valence-corrected chi connectivity index (χ3v) is 6.41. The first-order chi connectivity index (χ1) is 15.4. The van der Waals surface area contributed by atoms with Gasteiger partial charge in [0.15, 0.2) is 10.9 Å². The highest BCUT2D eigenvalue weighted by molar-refractivity contribution is 8.00. The summed E-state index contributed by atoms with van der Waals surface area (Å²) in [6, 6.07) is 18.5. The molecule has 0 bridgehead atoms. The first kappa shape index (κ1) is 21.8. The number of nitrogens with one attached hydrogen (secondary N) is 1. The van der Waals surface area contributed by atoms with Crippen molar-refractivity contribution in [1.29, 1.82) is 0 Å². The van der Waals surface area contributed by atoms with Crippen molar-refractivity contribution in [2.45, 2.75) is 37.7 Å². The van der Waals surface area contributed by atoms with Crippen LogP contribution in [0, 0.1) is 0 Å². The van der Waals surface area contributed by atoms with E-state index in [1.54, 1.807) is 35.8 Å². The van der Waals surface area contributed by atoms with Crippen LogP contribution in [0.4, 0.5) is 5.69 Å². The lowest BCUT2D eigenvalue weighted by atomic mass is 10.1. The van der Waals surface area contributed by atoms with Crippen LogP contribution >= 0.6 is 11.8 Å². The number of carbonyl (C=O) groups is 2. The Morgan fingerprint density at radius 2 is 1.72 bits per heavy atom. The minimum Gasteiger partial charge on any atom is -0.324 e. The van der Waals surface area contributed by atoms with Crippen molar-refractivity contribution in [2.75, 3.05) is 5.32 Å². The Morgan fingerprint density at radius 1 is 1.06 bits per heavy atom. The number of hydrogen-bond donors (Lipinski definition) is 1. The number of anilines is 1. The van der Waals surface area contributed by atoms with Gasteiger partial charge >= 0.3 is 0 Å². The number of Topliss-reactive ketones (excluding diaryl/α,β-unsaturated/α-hetero) is 1. The molecule has 1 N–H and O–H groups in total. The molecule has 1 unspecified atom stereocenters. The fourth-order valence-electron chi connectivity index (χ4n) is 3.60. The first-order valence-corrected chi connectivity index (χ1v) is 11.3. The largest absolute Gasteiger partial charge is 0.324 e. The molecule has 3 aromatic carbocycles. The monoisotopic (exact) mass is 445 g/mol. The van der Waals surface area contributed by atoms with Gasteiger partial charge in [0.1, 0.15) is 0 Å². The molecule has 0 aliphatic rings. The van der Waals surface area contributed by atoms with Crippen LogP contribution in [0.25, 0.3) is 21.7 Å². The number of fused-ring (bicyclic) bond motifs is 2. The molecule has 7 heteroatoms. The van der Waals surface area contributed by atoms with E-state index in [-0.39, 0.29) is 17.2 Å².